The quantitative estimate of drug-likeness (QED) is 0.195. The zero-order valence-electron chi connectivity index (χ0n) is 16.8. The lowest BCUT2D eigenvalue weighted by molar-refractivity contribution is -0.385. The monoisotopic (exact) mass is 488 g/mol. The zero-order valence-corrected chi connectivity index (χ0v) is 18.4. The van der Waals surface area contributed by atoms with Crippen LogP contribution in [0.3, 0.4) is 0 Å². The number of hydrogen-bond acceptors (Lipinski definition) is 8. The first kappa shape index (κ1) is 22.2. The number of cyclic esters (lactones) is 1. The lowest BCUT2D eigenvalue weighted by atomic mass is 10.1. The van der Waals surface area contributed by atoms with Crippen LogP contribution in [0.2, 0.25) is 0 Å². The second-order valence-electron chi connectivity index (χ2n) is 6.45. The van der Waals surface area contributed by atoms with Gasteiger partial charge in [-0.2, -0.15) is 0 Å². The van der Waals surface area contributed by atoms with Crippen molar-refractivity contribution in [3.8, 4) is 11.5 Å². The molecule has 0 aliphatic carbocycles. The molecule has 10 heteroatoms. The Balaban J connectivity index is 1.99. The Morgan fingerprint density at radius 3 is 2.71 bits per heavy atom. The second-order valence-corrected chi connectivity index (χ2v) is 7.31. The average molecular weight is 489 g/mol. The molecule has 2 aromatic carbocycles. The van der Waals surface area contributed by atoms with E-state index >= 15 is 0 Å². The van der Waals surface area contributed by atoms with Crippen LogP contribution in [0, 0.1) is 17.0 Å². The summed E-state index contributed by atoms with van der Waals surface area (Å²) >= 11 is 3.34. The standard InChI is InChI=1S/C21H17BrN2O7/c1-4-29-18-9-13(7-15(22)19(18)30-12(3)25)8-16-21(26)31-20(23-16)14-6-5-11(2)17(10-14)24(27)28/h5-10H,4H2,1-3H3. The molecule has 1 heterocycles. The Kier molecular flexibility index (Phi) is 6.50. The topological polar surface area (TPSA) is 117 Å². The largest absolute Gasteiger partial charge is 0.490 e. The number of halogens is 1. The normalized spacial score (nSPS) is 14.3. The number of esters is 2. The van der Waals surface area contributed by atoms with Gasteiger partial charge in [0.2, 0.25) is 5.90 Å². The van der Waals surface area contributed by atoms with Crippen molar-refractivity contribution in [2.75, 3.05) is 6.61 Å². The molecule has 0 N–H and O–H groups in total. The second kappa shape index (κ2) is 9.09. The van der Waals surface area contributed by atoms with Crippen molar-refractivity contribution in [2.24, 2.45) is 4.99 Å². The van der Waals surface area contributed by atoms with Crippen LogP contribution < -0.4 is 9.47 Å². The highest BCUT2D eigenvalue weighted by atomic mass is 79.9. The number of ether oxygens (including phenoxy) is 3. The van der Waals surface area contributed by atoms with Crippen molar-refractivity contribution in [1.82, 2.24) is 0 Å². The van der Waals surface area contributed by atoms with Gasteiger partial charge in [-0.15, -0.1) is 0 Å². The van der Waals surface area contributed by atoms with E-state index in [1.54, 1.807) is 38.1 Å². The Hall–Kier alpha value is -3.53. The third-order valence-corrected chi connectivity index (χ3v) is 4.74. The molecule has 3 rings (SSSR count). The van der Waals surface area contributed by atoms with Crippen LogP contribution in [0.5, 0.6) is 11.5 Å². The van der Waals surface area contributed by atoms with E-state index in [1.165, 1.54) is 19.1 Å². The maximum Gasteiger partial charge on any atom is 0.363 e. The molecule has 0 radical (unpaired) electrons. The highest BCUT2D eigenvalue weighted by molar-refractivity contribution is 9.10. The molecule has 0 saturated heterocycles. The molecule has 1 aliphatic heterocycles. The molecule has 0 fully saturated rings. The predicted molar refractivity (Wildman–Crippen MR) is 115 cm³/mol. The van der Waals surface area contributed by atoms with Crippen LogP contribution in [-0.2, 0) is 14.3 Å². The first-order valence-electron chi connectivity index (χ1n) is 9.12. The van der Waals surface area contributed by atoms with Crippen LogP contribution in [0.15, 0.2) is 45.5 Å². The lowest BCUT2D eigenvalue weighted by Crippen LogP contribution is -2.06. The minimum atomic E-state index is -0.698. The Morgan fingerprint density at radius 1 is 1.32 bits per heavy atom. The van der Waals surface area contributed by atoms with E-state index in [2.05, 4.69) is 20.9 Å². The molecule has 2 aromatic rings. The highest BCUT2D eigenvalue weighted by Crippen LogP contribution is 2.38. The number of benzene rings is 2. The summed E-state index contributed by atoms with van der Waals surface area (Å²) in [4.78, 5) is 38.5. The number of rotatable bonds is 6. The van der Waals surface area contributed by atoms with Crippen molar-refractivity contribution in [3.63, 3.8) is 0 Å². The molecule has 0 atom stereocenters. The van der Waals surface area contributed by atoms with E-state index in [0.29, 0.717) is 33.5 Å². The number of aryl methyl sites for hydroxylation is 1. The number of nitro benzene ring substituents is 1. The van der Waals surface area contributed by atoms with Gasteiger partial charge < -0.3 is 14.2 Å². The van der Waals surface area contributed by atoms with Crippen molar-refractivity contribution in [1.29, 1.82) is 0 Å². The maximum atomic E-state index is 12.3. The third kappa shape index (κ3) is 4.97. The lowest BCUT2D eigenvalue weighted by Gasteiger charge is -2.12. The number of carbonyl (C=O) groups excluding carboxylic acids is 2. The number of carbonyl (C=O) groups is 2. The van der Waals surface area contributed by atoms with Crippen LogP contribution in [0.1, 0.15) is 30.5 Å². The first-order chi connectivity index (χ1) is 14.7. The molecule has 31 heavy (non-hydrogen) atoms. The average Bonchev–Trinajstić information content (AvgIpc) is 3.05. The fourth-order valence-electron chi connectivity index (χ4n) is 2.81. The summed E-state index contributed by atoms with van der Waals surface area (Å²) in [5.74, 6) is -0.699. The molecule has 0 spiro atoms. The fourth-order valence-corrected chi connectivity index (χ4v) is 3.35. The molecule has 1 aliphatic rings. The molecule has 9 nitrogen and oxygen atoms in total. The van der Waals surface area contributed by atoms with Gasteiger partial charge >= 0.3 is 11.9 Å². The summed E-state index contributed by atoms with van der Waals surface area (Å²) in [7, 11) is 0. The molecule has 0 unspecified atom stereocenters. The molecular weight excluding hydrogens is 472 g/mol. The minimum absolute atomic E-state index is 0.00723. The van der Waals surface area contributed by atoms with Gasteiger partial charge in [0.15, 0.2) is 17.2 Å². The number of hydrogen-bond donors (Lipinski definition) is 0. The van der Waals surface area contributed by atoms with Gasteiger partial charge in [0.25, 0.3) is 5.69 Å². The van der Waals surface area contributed by atoms with Crippen molar-refractivity contribution < 1.29 is 28.7 Å². The third-order valence-electron chi connectivity index (χ3n) is 4.15. The summed E-state index contributed by atoms with van der Waals surface area (Å²) in [6.07, 6.45) is 1.47. The summed E-state index contributed by atoms with van der Waals surface area (Å²) in [5, 5.41) is 11.2. The zero-order chi connectivity index (χ0) is 22.7. The van der Waals surface area contributed by atoms with Crippen LogP contribution >= 0.6 is 15.9 Å². The predicted octanol–water partition coefficient (Wildman–Crippen LogP) is 4.33. The van der Waals surface area contributed by atoms with Crippen LogP contribution in [0.25, 0.3) is 6.08 Å². The van der Waals surface area contributed by atoms with Crippen LogP contribution in [0.4, 0.5) is 5.69 Å². The smallest absolute Gasteiger partial charge is 0.363 e. The molecular formula is C21H17BrN2O7. The first-order valence-corrected chi connectivity index (χ1v) is 9.91. The Bertz CT molecular complexity index is 1150. The number of aliphatic imine (C=N–C) groups is 1. The van der Waals surface area contributed by atoms with Gasteiger partial charge in [0.1, 0.15) is 0 Å². The summed E-state index contributed by atoms with van der Waals surface area (Å²) in [6, 6.07) is 7.68. The minimum Gasteiger partial charge on any atom is -0.490 e. The summed E-state index contributed by atoms with van der Waals surface area (Å²) in [6.45, 7) is 5.00. The van der Waals surface area contributed by atoms with Crippen LogP contribution in [-0.4, -0.2) is 29.4 Å². The molecule has 160 valence electrons. The van der Waals surface area contributed by atoms with Gasteiger partial charge in [-0.05, 0) is 59.6 Å². The molecule has 0 bridgehead atoms. The van der Waals surface area contributed by atoms with E-state index in [1.807, 2.05) is 0 Å². The van der Waals surface area contributed by atoms with E-state index in [4.69, 9.17) is 14.2 Å². The molecule has 0 amide bonds. The number of nitro groups is 1. The SMILES string of the molecule is CCOc1cc(C=C2N=C(c3ccc(C)c([N+](=O)[O-])c3)OC2=O)cc(Br)c1OC(C)=O. The Morgan fingerprint density at radius 2 is 2.06 bits per heavy atom. The molecule has 0 aromatic heterocycles. The highest BCUT2D eigenvalue weighted by Gasteiger charge is 2.26. The van der Waals surface area contributed by atoms with E-state index in [0.717, 1.165) is 0 Å². The van der Waals surface area contributed by atoms with Gasteiger partial charge in [-0.3, -0.25) is 14.9 Å². The van der Waals surface area contributed by atoms with E-state index in [-0.39, 0.29) is 23.0 Å². The fraction of sp³-hybridized carbons (Fsp3) is 0.190. The molecule has 0 saturated carbocycles. The van der Waals surface area contributed by atoms with Crippen molar-refractivity contribution in [2.45, 2.75) is 20.8 Å². The van der Waals surface area contributed by atoms with E-state index in [9.17, 15) is 19.7 Å². The summed E-state index contributed by atoms with van der Waals surface area (Å²) < 4.78 is 16.4. The van der Waals surface area contributed by atoms with Gasteiger partial charge in [0.05, 0.1) is 16.0 Å². The van der Waals surface area contributed by atoms with Gasteiger partial charge in [0, 0.05) is 24.1 Å². The Labute approximate surface area is 185 Å². The number of nitrogens with zero attached hydrogens (tertiary/aromatic N) is 2. The maximum absolute atomic E-state index is 12.3. The van der Waals surface area contributed by atoms with Gasteiger partial charge in [-0.1, -0.05) is 6.07 Å². The van der Waals surface area contributed by atoms with E-state index < -0.39 is 16.9 Å². The van der Waals surface area contributed by atoms with Gasteiger partial charge in [-0.25, -0.2) is 9.79 Å². The summed E-state index contributed by atoms with van der Waals surface area (Å²) in [5.41, 5.74) is 1.25. The van der Waals surface area contributed by atoms with Crippen molar-refractivity contribution >= 4 is 45.5 Å². The van der Waals surface area contributed by atoms with Crippen molar-refractivity contribution in [3.05, 3.63) is 67.3 Å².